The normalized spacial score (nSPS) is 17.7. The fourth-order valence-electron chi connectivity index (χ4n) is 2.12. The Balaban J connectivity index is 1.93. The highest BCUT2D eigenvalue weighted by Crippen LogP contribution is 2.47. The van der Waals surface area contributed by atoms with E-state index in [1.54, 1.807) is 0 Å². The van der Waals surface area contributed by atoms with Gasteiger partial charge in [-0.3, -0.25) is 0 Å². The largest absolute Gasteiger partial charge is 0.316 e. The molecule has 1 fully saturated rings. The zero-order valence-corrected chi connectivity index (χ0v) is 9.84. The molecular formula is C14H21N. The van der Waals surface area contributed by atoms with Crippen LogP contribution in [0.2, 0.25) is 0 Å². The van der Waals surface area contributed by atoms with Gasteiger partial charge in [-0.15, -0.1) is 0 Å². The summed E-state index contributed by atoms with van der Waals surface area (Å²) in [4.78, 5) is 0. The van der Waals surface area contributed by atoms with Crippen LogP contribution in [0.25, 0.3) is 0 Å². The lowest BCUT2D eigenvalue weighted by atomic mass is 9.96. The minimum absolute atomic E-state index is 0.589. The van der Waals surface area contributed by atoms with E-state index in [1.165, 1.54) is 36.9 Å². The van der Waals surface area contributed by atoms with Gasteiger partial charge in [-0.1, -0.05) is 36.8 Å². The van der Waals surface area contributed by atoms with Crippen LogP contribution in [-0.2, 0) is 6.42 Å². The highest BCUT2D eigenvalue weighted by atomic mass is 14.9. The summed E-state index contributed by atoms with van der Waals surface area (Å²) in [5, 5.41) is 3.48. The summed E-state index contributed by atoms with van der Waals surface area (Å²) in [5.74, 6) is 0. The molecule has 0 radical (unpaired) electrons. The van der Waals surface area contributed by atoms with Gasteiger partial charge in [-0.25, -0.2) is 0 Å². The Morgan fingerprint density at radius 3 is 2.40 bits per heavy atom. The maximum Gasteiger partial charge on any atom is 0.00109 e. The van der Waals surface area contributed by atoms with Gasteiger partial charge in [0, 0.05) is 6.54 Å². The van der Waals surface area contributed by atoms with E-state index >= 15 is 0 Å². The topological polar surface area (TPSA) is 12.0 Å². The second kappa shape index (κ2) is 4.36. The third-order valence-corrected chi connectivity index (χ3v) is 3.41. The monoisotopic (exact) mass is 203 g/mol. The lowest BCUT2D eigenvalue weighted by Crippen LogP contribution is -2.25. The summed E-state index contributed by atoms with van der Waals surface area (Å²) in [5.41, 5.74) is 3.44. The Kier molecular flexibility index (Phi) is 3.11. The van der Waals surface area contributed by atoms with Crippen molar-refractivity contribution in [3.63, 3.8) is 0 Å². The molecule has 0 heterocycles. The van der Waals surface area contributed by atoms with Crippen molar-refractivity contribution in [1.82, 2.24) is 5.32 Å². The molecule has 0 unspecified atom stereocenters. The average molecular weight is 203 g/mol. The van der Waals surface area contributed by atoms with Crippen LogP contribution in [0.1, 0.15) is 30.9 Å². The molecular weight excluding hydrogens is 182 g/mol. The van der Waals surface area contributed by atoms with Crippen molar-refractivity contribution in [2.75, 3.05) is 13.1 Å². The van der Waals surface area contributed by atoms with E-state index in [-0.39, 0.29) is 0 Å². The third kappa shape index (κ3) is 2.82. The van der Waals surface area contributed by atoms with Crippen LogP contribution in [-0.4, -0.2) is 13.1 Å². The number of hydrogen-bond acceptors (Lipinski definition) is 1. The molecule has 82 valence electrons. The van der Waals surface area contributed by atoms with Crippen molar-refractivity contribution in [1.29, 1.82) is 0 Å². The van der Waals surface area contributed by atoms with Crippen molar-refractivity contribution in [3.05, 3.63) is 35.4 Å². The molecule has 2 rings (SSSR count). The molecule has 0 spiro atoms. The second-order valence-electron chi connectivity index (χ2n) is 4.94. The van der Waals surface area contributed by atoms with Gasteiger partial charge in [-0.2, -0.15) is 0 Å². The second-order valence-corrected chi connectivity index (χ2v) is 4.94. The van der Waals surface area contributed by atoms with Crippen LogP contribution in [0, 0.1) is 12.3 Å². The molecule has 1 aromatic rings. The minimum atomic E-state index is 0.589. The molecule has 0 atom stereocenters. The molecule has 1 aliphatic rings. The Morgan fingerprint density at radius 2 is 1.87 bits per heavy atom. The summed E-state index contributed by atoms with van der Waals surface area (Å²) in [6.45, 7) is 6.62. The summed E-state index contributed by atoms with van der Waals surface area (Å²) >= 11 is 0. The van der Waals surface area contributed by atoms with E-state index in [2.05, 4.69) is 43.4 Å². The molecule has 0 bridgehead atoms. The predicted octanol–water partition coefficient (Wildman–Crippen LogP) is 2.93. The van der Waals surface area contributed by atoms with E-state index in [9.17, 15) is 0 Å². The Bertz CT molecular complexity index is 309. The number of benzene rings is 1. The number of nitrogens with one attached hydrogen (secondary N) is 1. The predicted molar refractivity (Wildman–Crippen MR) is 65.1 cm³/mol. The van der Waals surface area contributed by atoms with Gasteiger partial charge in [0.05, 0.1) is 0 Å². The van der Waals surface area contributed by atoms with Crippen LogP contribution >= 0.6 is 0 Å². The quantitative estimate of drug-likeness (QED) is 0.776. The van der Waals surface area contributed by atoms with Gasteiger partial charge in [0.1, 0.15) is 0 Å². The van der Waals surface area contributed by atoms with E-state index in [4.69, 9.17) is 0 Å². The fourth-order valence-corrected chi connectivity index (χ4v) is 2.12. The zero-order chi connectivity index (χ0) is 10.7. The van der Waals surface area contributed by atoms with Crippen LogP contribution in [0.3, 0.4) is 0 Å². The van der Waals surface area contributed by atoms with Gasteiger partial charge in [0.25, 0.3) is 0 Å². The molecule has 0 aliphatic heterocycles. The van der Waals surface area contributed by atoms with Crippen molar-refractivity contribution >= 4 is 0 Å². The van der Waals surface area contributed by atoms with Crippen LogP contribution in [0.15, 0.2) is 24.3 Å². The third-order valence-electron chi connectivity index (χ3n) is 3.41. The highest BCUT2D eigenvalue weighted by molar-refractivity contribution is 5.23. The minimum Gasteiger partial charge on any atom is -0.316 e. The van der Waals surface area contributed by atoms with Crippen molar-refractivity contribution in [2.45, 2.75) is 33.1 Å². The van der Waals surface area contributed by atoms with Crippen LogP contribution < -0.4 is 5.32 Å². The first-order chi connectivity index (χ1) is 7.24. The van der Waals surface area contributed by atoms with Crippen LogP contribution in [0.4, 0.5) is 0 Å². The van der Waals surface area contributed by atoms with Gasteiger partial charge in [0.15, 0.2) is 0 Å². The fraction of sp³-hybridized carbons (Fsp3) is 0.571. The lowest BCUT2D eigenvalue weighted by molar-refractivity contribution is 0.463. The molecule has 0 saturated heterocycles. The molecule has 1 heteroatoms. The Hall–Kier alpha value is -0.820. The van der Waals surface area contributed by atoms with E-state index in [0.717, 1.165) is 6.54 Å². The van der Waals surface area contributed by atoms with E-state index in [1.807, 2.05) is 0 Å². The first-order valence-electron chi connectivity index (χ1n) is 6.00. The first kappa shape index (κ1) is 10.7. The lowest BCUT2D eigenvalue weighted by Gasteiger charge is -2.15. The maximum absolute atomic E-state index is 3.48. The SMILES string of the molecule is CCNCC1(Cc2ccc(C)cc2)CC1. The summed E-state index contributed by atoms with van der Waals surface area (Å²) in [6, 6.07) is 9.00. The zero-order valence-electron chi connectivity index (χ0n) is 9.84. The van der Waals surface area contributed by atoms with Crippen LogP contribution in [0.5, 0.6) is 0 Å². The van der Waals surface area contributed by atoms with E-state index in [0.29, 0.717) is 5.41 Å². The van der Waals surface area contributed by atoms with Gasteiger partial charge >= 0.3 is 0 Å². The van der Waals surface area contributed by atoms with Gasteiger partial charge in [0.2, 0.25) is 0 Å². The molecule has 1 aromatic carbocycles. The summed E-state index contributed by atoms with van der Waals surface area (Å²) < 4.78 is 0. The Labute approximate surface area is 92.9 Å². The van der Waals surface area contributed by atoms with Crippen molar-refractivity contribution < 1.29 is 0 Å². The standard InChI is InChI=1S/C14H21N/c1-3-15-11-14(8-9-14)10-13-6-4-12(2)5-7-13/h4-7,15H,3,8-11H2,1-2H3. The molecule has 1 aliphatic carbocycles. The van der Waals surface area contributed by atoms with E-state index < -0.39 is 0 Å². The maximum atomic E-state index is 3.48. The first-order valence-corrected chi connectivity index (χ1v) is 6.00. The molecule has 1 N–H and O–H groups in total. The van der Waals surface area contributed by atoms with Gasteiger partial charge in [-0.05, 0) is 43.7 Å². The highest BCUT2D eigenvalue weighted by Gasteiger charge is 2.41. The van der Waals surface area contributed by atoms with Crippen molar-refractivity contribution in [3.8, 4) is 0 Å². The van der Waals surface area contributed by atoms with Crippen molar-refractivity contribution in [2.24, 2.45) is 5.41 Å². The summed E-state index contributed by atoms with van der Waals surface area (Å²) in [6.07, 6.45) is 4.04. The molecule has 1 nitrogen and oxygen atoms in total. The Morgan fingerprint density at radius 1 is 1.20 bits per heavy atom. The molecule has 15 heavy (non-hydrogen) atoms. The summed E-state index contributed by atoms with van der Waals surface area (Å²) in [7, 11) is 0. The number of hydrogen-bond donors (Lipinski definition) is 1. The molecule has 1 saturated carbocycles. The average Bonchev–Trinajstić information content (AvgIpc) is 3.00. The smallest absolute Gasteiger partial charge is 0.00109 e. The number of rotatable bonds is 5. The number of aryl methyl sites for hydroxylation is 1. The molecule has 0 aromatic heterocycles. The van der Waals surface area contributed by atoms with Gasteiger partial charge < -0.3 is 5.32 Å². The molecule has 0 amide bonds.